The fourth-order valence-electron chi connectivity index (χ4n) is 5.56. The Hall–Kier alpha value is -4.44. The SMILES string of the molecule is Cc1cc(-c2[c-]cccc2)ncc1CC(C)(C)C.Cc1ccnc(-c2[c-]ccc3c2oc2c(-c4ccccc4)c(F)ccc23)c1.[Ir]. The van der Waals surface area contributed by atoms with Crippen molar-refractivity contribution < 1.29 is 28.9 Å². The molecule has 0 aliphatic heterocycles. The van der Waals surface area contributed by atoms with Gasteiger partial charge in [0.2, 0.25) is 0 Å². The minimum absolute atomic E-state index is 0. The fourth-order valence-corrected chi connectivity index (χ4v) is 5.56. The average Bonchev–Trinajstić information content (AvgIpc) is 3.41. The van der Waals surface area contributed by atoms with Gasteiger partial charge in [0.25, 0.3) is 0 Å². The van der Waals surface area contributed by atoms with E-state index in [0.29, 0.717) is 22.1 Å². The first kappa shape index (κ1) is 32.9. The Bertz CT molecular complexity index is 2100. The molecule has 0 saturated carbocycles. The van der Waals surface area contributed by atoms with Crippen LogP contribution in [0.1, 0.15) is 37.5 Å². The van der Waals surface area contributed by atoms with Crippen molar-refractivity contribution in [3.63, 3.8) is 0 Å². The van der Waals surface area contributed by atoms with Crippen LogP contribution in [0.3, 0.4) is 0 Å². The number of hydrogen-bond donors (Lipinski definition) is 0. The number of aryl methyl sites for hydroxylation is 2. The molecule has 0 aliphatic carbocycles. The molecule has 0 saturated heterocycles. The van der Waals surface area contributed by atoms with Gasteiger partial charge >= 0.3 is 0 Å². The van der Waals surface area contributed by atoms with Crippen LogP contribution in [0.5, 0.6) is 0 Å². The molecule has 0 N–H and O–H groups in total. The summed E-state index contributed by atoms with van der Waals surface area (Å²) in [5.74, 6) is -0.299. The molecular formula is C41H35FIrN2O-2. The molecule has 0 aliphatic rings. The first-order chi connectivity index (χ1) is 21.7. The van der Waals surface area contributed by atoms with E-state index in [1.165, 1.54) is 17.2 Å². The molecular weight excluding hydrogens is 748 g/mol. The van der Waals surface area contributed by atoms with Crippen LogP contribution in [0.15, 0.2) is 114 Å². The third kappa shape index (κ3) is 7.17. The molecule has 7 rings (SSSR count). The summed E-state index contributed by atoms with van der Waals surface area (Å²) >= 11 is 0. The number of benzene rings is 4. The van der Waals surface area contributed by atoms with Crippen LogP contribution >= 0.6 is 0 Å². The van der Waals surface area contributed by atoms with Crippen LogP contribution in [-0.4, -0.2) is 9.97 Å². The van der Waals surface area contributed by atoms with Crippen LogP contribution in [0.2, 0.25) is 0 Å². The predicted octanol–water partition coefficient (Wildman–Crippen LogP) is 11.0. The largest absolute Gasteiger partial charge is 0.500 e. The zero-order valence-corrected chi connectivity index (χ0v) is 29.0. The second kappa shape index (κ2) is 13.9. The number of fused-ring (bicyclic) bond motifs is 3. The number of hydrogen-bond acceptors (Lipinski definition) is 3. The van der Waals surface area contributed by atoms with E-state index in [4.69, 9.17) is 4.42 Å². The summed E-state index contributed by atoms with van der Waals surface area (Å²) in [6.45, 7) is 10.9. The Morgan fingerprint density at radius 1 is 0.761 bits per heavy atom. The zero-order chi connectivity index (χ0) is 31.6. The average molecular weight is 783 g/mol. The van der Waals surface area contributed by atoms with E-state index in [1.54, 1.807) is 12.3 Å². The molecule has 0 bridgehead atoms. The van der Waals surface area contributed by atoms with Gasteiger partial charge in [-0.2, -0.15) is 0 Å². The number of rotatable bonds is 4. The molecule has 4 aromatic carbocycles. The summed E-state index contributed by atoms with van der Waals surface area (Å²) in [6, 6.07) is 37.1. The standard InChI is InChI=1S/C24H15FNO.C17H20N.Ir/c1-15-12-13-26-21(14-15)19-9-5-8-17-18-10-11-20(25)22(24(18)27-23(17)19)16-6-3-2-4-7-16;1-13-10-16(14-8-6-5-7-9-14)18-12-15(13)11-17(2,3)4;/h2-8,10-14H,1H3;5-8,10,12H,11H2,1-4H3;/q2*-1;. The van der Waals surface area contributed by atoms with Crippen LogP contribution < -0.4 is 0 Å². The van der Waals surface area contributed by atoms with E-state index in [0.717, 1.165) is 50.8 Å². The van der Waals surface area contributed by atoms with Crippen molar-refractivity contribution in [2.45, 2.75) is 41.0 Å². The van der Waals surface area contributed by atoms with Gasteiger partial charge in [0.1, 0.15) is 11.4 Å². The Kier molecular flexibility index (Phi) is 9.96. The second-order valence-electron chi connectivity index (χ2n) is 12.6. The minimum atomic E-state index is -0.299. The molecule has 3 heterocycles. The summed E-state index contributed by atoms with van der Waals surface area (Å²) in [6.07, 6.45) is 4.84. The van der Waals surface area contributed by atoms with Gasteiger partial charge in [-0.05, 0) is 66.4 Å². The number of furan rings is 1. The van der Waals surface area contributed by atoms with Crippen molar-refractivity contribution in [3.8, 4) is 33.6 Å². The molecule has 233 valence electrons. The maximum atomic E-state index is 14.7. The predicted molar refractivity (Wildman–Crippen MR) is 182 cm³/mol. The smallest absolute Gasteiger partial charge is 0.134 e. The number of nitrogens with zero attached hydrogens (tertiary/aromatic N) is 2. The summed E-state index contributed by atoms with van der Waals surface area (Å²) in [7, 11) is 0. The Morgan fingerprint density at radius 3 is 2.22 bits per heavy atom. The van der Waals surface area contributed by atoms with Crippen molar-refractivity contribution in [3.05, 3.63) is 144 Å². The normalized spacial score (nSPS) is 11.2. The van der Waals surface area contributed by atoms with Crippen LogP contribution in [0, 0.1) is 37.2 Å². The molecule has 0 fully saturated rings. The van der Waals surface area contributed by atoms with E-state index in [9.17, 15) is 4.39 Å². The quantitative estimate of drug-likeness (QED) is 0.167. The first-order valence-corrected chi connectivity index (χ1v) is 15.1. The molecule has 1 radical (unpaired) electrons. The van der Waals surface area contributed by atoms with Crippen LogP contribution in [0.25, 0.3) is 55.6 Å². The van der Waals surface area contributed by atoms with Gasteiger partial charge in [0.15, 0.2) is 0 Å². The number of aromatic nitrogens is 2. The van der Waals surface area contributed by atoms with Crippen LogP contribution in [-0.2, 0) is 26.5 Å². The summed E-state index contributed by atoms with van der Waals surface area (Å²) in [5.41, 5.74) is 10.2. The number of halogens is 1. The van der Waals surface area contributed by atoms with E-state index < -0.39 is 0 Å². The topological polar surface area (TPSA) is 38.9 Å². The molecule has 0 amide bonds. The Balaban J connectivity index is 0.000000193. The minimum Gasteiger partial charge on any atom is -0.500 e. The molecule has 46 heavy (non-hydrogen) atoms. The molecule has 7 aromatic rings. The van der Waals surface area contributed by atoms with Crippen molar-refractivity contribution >= 4 is 21.9 Å². The van der Waals surface area contributed by atoms with Gasteiger partial charge in [0.05, 0.1) is 11.1 Å². The fraction of sp³-hybridized carbons (Fsp3) is 0.171. The van der Waals surface area contributed by atoms with Gasteiger partial charge in [-0.3, -0.25) is 0 Å². The van der Waals surface area contributed by atoms with E-state index in [-0.39, 0.29) is 25.9 Å². The Labute approximate surface area is 283 Å². The first-order valence-electron chi connectivity index (χ1n) is 15.1. The summed E-state index contributed by atoms with van der Waals surface area (Å²) in [5, 5.41) is 1.81. The molecule has 0 atom stereocenters. The van der Waals surface area contributed by atoms with Crippen molar-refractivity contribution in [2.24, 2.45) is 5.41 Å². The molecule has 0 spiro atoms. The third-order valence-electron chi connectivity index (χ3n) is 7.71. The molecule has 3 nitrogen and oxygen atoms in total. The van der Waals surface area contributed by atoms with Crippen molar-refractivity contribution in [1.29, 1.82) is 0 Å². The van der Waals surface area contributed by atoms with Gasteiger partial charge in [0, 0.05) is 37.9 Å². The van der Waals surface area contributed by atoms with Crippen molar-refractivity contribution in [1.82, 2.24) is 9.97 Å². The Morgan fingerprint density at radius 2 is 1.52 bits per heavy atom. The molecule has 3 aromatic heterocycles. The number of pyridine rings is 2. The van der Waals surface area contributed by atoms with Gasteiger partial charge < -0.3 is 14.4 Å². The van der Waals surface area contributed by atoms with E-state index in [1.807, 2.05) is 92.0 Å². The summed E-state index contributed by atoms with van der Waals surface area (Å²) in [4.78, 5) is 9.03. The maximum Gasteiger partial charge on any atom is 0.134 e. The van der Waals surface area contributed by atoms with Crippen molar-refractivity contribution in [2.75, 3.05) is 0 Å². The van der Waals surface area contributed by atoms with Gasteiger partial charge in [-0.25, -0.2) is 4.39 Å². The molecule has 5 heteroatoms. The second-order valence-corrected chi connectivity index (χ2v) is 12.6. The summed E-state index contributed by atoms with van der Waals surface area (Å²) < 4.78 is 21.0. The van der Waals surface area contributed by atoms with Crippen LogP contribution in [0.4, 0.5) is 4.39 Å². The monoisotopic (exact) mass is 783 g/mol. The van der Waals surface area contributed by atoms with E-state index in [2.05, 4.69) is 55.9 Å². The van der Waals surface area contributed by atoms with Gasteiger partial charge in [-0.1, -0.05) is 85.3 Å². The maximum absolute atomic E-state index is 14.7. The van der Waals surface area contributed by atoms with E-state index >= 15 is 0 Å². The zero-order valence-electron chi connectivity index (χ0n) is 26.6. The van der Waals surface area contributed by atoms with Gasteiger partial charge in [-0.15, -0.1) is 54.1 Å². The third-order valence-corrected chi connectivity index (χ3v) is 7.71. The molecule has 0 unspecified atom stereocenters.